The second-order valence-corrected chi connectivity index (χ2v) is 11.3. The lowest BCUT2D eigenvalue weighted by Gasteiger charge is -2.21. The lowest BCUT2D eigenvalue weighted by atomic mass is 10.00. The maximum absolute atomic E-state index is 14.2. The zero-order valence-electron chi connectivity index (χ0n) is 20.8. The Hall–Kier alpha value is -3.81. The maximum atomic E-state index is 14.2. The van der Waals surface area contributed by atoms with E-state index < -0.39 is 39.8 Å². The molecule has 0 aromatic heterocycles. The predicted octanol–water partition coefficient (Wildman–Crippen LogP) is 5.04. The summed E-state index contributed by atoms with van der Waals surface area (Å²) in [5.74, 6) is -1.59. The summed E-state index contributed by atoms with van der Waals surface area (Å²) in [5.41, 5.74) is 0.550. The fourth-order valence-electron chi connectivity index (χ4n) is 3.47. The number of sulfonamides is 1. The molecule has 0 radical (unpaired) electrons. The third-order valence-electron chi connectivity index (χ3n) is 5.07. The van der Waals surface area contributed by atoms with Gasteiger partial charge >= 0.3 is 5.97 Å². The standard InChI is InChI=1S/C27H26F2N2O5S/c1-27(2,3)36-26(32)17-35-25-10-5-18(13-24(25)20-11-19(15-30)12-22(29)14-20)16-31(4)37(33,34)23-8-6-21(28)7-9-23/h5-14H,16-17H2,1-4H3. The van der Waals surface area contributed by atoms with Crippen LogP contribution in [-0.2, 0) is 26.1 Å². The predicted molar refractivity (Wildman–Crippen MR) is 133 cm³/mol. The topological polar surface area (TPSA) is 96.7 Å². The van der Waals surface area contributed by atoms with Crippen molar-refractivity contribution in [3.05, 3.63) is 83.4 Å². The first-order valence-electron chi connectivity index (χ1n) is 11.2. The van der Waals surface area contributed by atoms with E-state index in [0.29, 0.717) is 16.7 Å². The van der Waals surface area contributed by atoms with Crippen molar-refractivity contribution in [2.24, 2.45) is 0 Å². The summed E-state index contributed by atoms with van der Waals surface area (Å²) in [7, 11) is -2.55. The van der Waals surface area contributed by atoms with E-state index in [9.17, 15) is 27.3 Å². The number of esters is 1. The average molecular weight is 529 g/mol. The molecule has 3 aromatic rings. The number of nitriles is 1. The summed E-state index contributed by atoms with van der Waals surface area (Å²) in [6.45, 7) is 4.68. The Morgan fingerprint density at radius 1 is 1.00 bits per heavy atom. The van der Waals surface area contributed by atoms with Crippen LogP contribution in [0.25, 0.3) is 11.1 Å². The SMILES string of the molecule is CN(Cc1ccc(OCC(=O)OC(C)(C)C)c(-c2cc(F)cc(C#N)c2)c1)S(=O)(=O)c1ccc(F)cc1. The molecule has 0 heterocycles. The molecule has 0 spiro atoms. The van der Waals surface area contributed by atoms with Gasteiger partial charge in [0.05, 0.1) is 16.5 Å². The van der Waals surface area contributed by atoms with Crippen molar-refractivity contribution >= 4 is 16.0 Å². The van der Waals surface area contributed by atoms with Gasteiger partial charge < -0.3 is 9.47 Å². The number of carbonyl (C=O) groups excluding carboxylic acids is 1. The monoisotopic (exact) mass is 528 g/mol. The van der Waals surface area contributed by atoms with Gasteiger partial charge in [0, 0.05) is 19.2 Å². The van der Waals surface area contributed by atoms with Gasteiger partial charge in [0.15, 0.2) is 6.61 Å². The molecule has 0 amide bonds. The molecule has 37 heavy (non-hydrogen) atoms. The van der Waals surface area contributed by atoms with Gasteiger partial charge in [-0.1, -0.05) is 6.07 Å². The van der Waals surface area contributed by atoms with E-state index >= 15 is 0 Å². The van der Waals surface area contributed by atoms with E-state index in [2.05, 4.69) is 0 Å². The Balaban J connectivity index is 1.95. The van der Waals surface area contributed by atoms with Gasteiger partial charge in [-0.25, -0.2) is 22.0 Å². The van der Waals surface area contributed by atoms with Crippen molar-refractivity contribution in [1.29, 1.82) is 5.26 Å². The van der Waals surface area contributed by atoms with Crippen LogP contribution in [0.15, 0.2) is 65.6 Å². The summed E-state index contributed by atoms with van der Waals surface area (Å²) in [5, 5.41) is 9.27. The molecule has 0 N–H and O–H groups in total. The zero-order chi connectivity index (χ0) is 27.4. The normalized spacial score (nSPS) is 11.7. The molecular weight excluding hydrogens is 502 g/mol. The van der Waals surface area contributed by atoms with E-state index in [4.69, 9.17) is 9.47 Å². The van der Waals surface area contributed by atoms with E-state index in [1.165, 1.54) is 37.4 Å². The zero-order valence-corrected chi connectivity index (χ0v) is 21.6. The molecule has 0 unspecified atom stereocenters. The highest BCUT2D eigenvalue weighted by Gasteiger charge is 2.22. The Bertz CT molecular complexity index is 1440. The fraction of sp³-hybridized carbons (Fsp3) is 0.259. The van der Waals surface area contributed by atoms with Gasteiger partial charge in [0.25, 0.3) is 0 Å². The highest BCUT2D eigenvalue weighted by atomic mass is 32.2. The Kier molecular flexibility index (Phi) is 8.31. The molecule has 0 saturated heterocycles. The number of hydrogen-bond donors (Lipinski definition) is 0. The van der Waals surface area contributed by atoms with Gasteiger partial charge in [-0.05, 0) is 86.5 Å². The van der Waals surface area contributed by atoms with Crippen molar-refractivity contribution in [1.82, 2.24) is 4.31 Å². The molecule has 0 aliphatic rings. The van der Waals surface area contributed by atoms with Crippen LogP contribution in [0.4, 0.5) is 8.78 Å². The number of halogens is 2. The lowest BCUT2D eigenvalue weighted by Crippen LogP contribution is -2.27. The van der Waals surface area contributed by atoms with E-state index in [-0.39, 0.29) is 22.8 Å². The second kappa shape index (κ2) is 11.1. The number of ether oxygens (including phenoxy) is 2. The Labute approximate surface area is 214 Å². The number of carbonyl (C=O) groups is 1. The van der Waals surface area contributed by atoms with Crippen molar-refractivity contribution in [2.45, 2.75) is 37.8 Å². The Morgan fingerprint density at radius 2 is 1.68 bits per heavy atom. The lowest BCUT2D eigenvalue weighted by molar-refractivity contribution is -0.157. The van der Waals surface area contributed by atoms with Gasteiger partial charge in [0.1, 0.15) is 23.0 Å². The summed E-state index contributed by atoms with van der Waals surface area (Å²) in [6.07, 6.45) is 0. The van der Waals surface area contributed by atoms with Crippen LogP contribution < -0.4 is 4.74 Å². The van der Waals surface area contributed by atoms with Gasteiger partial charge in [-0.3, -0.25) is 0 Å². The molecule has 0 fully saturated rings. The van der Waals surface area contributed by atoms with Crippen LogP contribution in [0, 0.1) is 23.0 Å². The van der Waals surface area contributed by atoms with Gasteiger partial charge in [-0.15, -0.1) is 0 Å². The number of rotatable bonds is 8. The van der Waals surface area contributed by atoms with Crippen LogP contribution in [0.2, 0.25) is 0 Å². The minimum Gasteiger partial charge on any atom is -0.481 e. The summed E-state index contributed by atoms with van der Waals surface area (Å²) in [6, 6.07) is 14.9. The highest BCUT2D eigenvalue weighted by Crippen LogP contribution is 2.33. The van der Waals surface area contributed by atoms with Crippen molar-refractivity contribution in [3.63, 3.8) is 0 Å². The van der Waals surface area contributed by atoms with Crippen LogP contribution in [0.1, 0.15) is 31.9 Å². The second-order valence-electron chi connectivity index (χ2n) is 9.26. The third-order valence-corrected chi connectivity index (χ3v) is 6.89. The fourth-order valence-corrected chi connectivity index (χ4v) is 4.63. The number of nitrogens with zero attached hydrogens (tertiary/aromatic N) is 2. The van der Waals surface area contributed by atoms with E-state index in [0.717, 1.165) is 22.5 Å². The van der Waals surface area contributed by atoms with Gasteiger partial charge in [-0.2, -0.15) is 9.57 Å². The van der Waals surface area contributed by atoms with Crippen LogP contribution >= 0.6 is 0 Å². The van der Waals surface area contributed by atoms with E-state index in [1.54, 1.807) is 32.9 Å². The first-order chi connectivity index (χ1) is 17.3. The summed E-state index contributed by atoms with van der Waals surface area (Å²) >= 11 is 0. The first kappa shape index (κ1) is 27.8. The van der Waals surface area contributed by atoms with Crippen molar-refractivity contribution < 1.29 is 31.5 Å². The quantitative estimate of drug-likeness (QED) is 0.380. The van der Waals surface area contributed by atoms with E-state index in [1.807, 2.05) is 6.07 Å². The highest BCUT2D eigenvalue weighted by molar-refractivity contribution is 7.89. The summed E-state index contributed by atoms with van der Waals surface area (Å²) < 4.78 is 65.4. The molecule has 194 valence electrons. The maximum Gasteiger partial charge on any atom is 0.344 e. The molecule has 0 aliphatic heterocycles. The smallest absolute Gasteiger partial charge is 0.344 e. The van der Waals surface area contributed by atoms with Crippen LogP contribution in [0.5, 0.6) is 5.75 Å². The summed E-state index contributed by atoms with van der Waals surface area (Å²) in [4.78, 5) is 12.1. The van der Waals surface area contributed by atoms with Crippen molar-refractivity contribution in [2.75, 3.05) is 13.7 Å². The average Bonchev–Trinajstić information content (AvgIpc) is 2.81. The molecule has 0 aliphatic carbocycles. The largest absolute Gasteiger partial charge is 0.481 e. The van der Waals surface area contributed by atoms with Crippen molar-refractivity contribution in [3.8, 4) is 22.9 Å². The molecule has 0 bridgehead atoms. The molecular formula is C27H26F2N2O5S. The minimum atomic E-state index is -3.93. The molecule has 7 nitrogen and oxygen atoms in total. The van der Waals surface area contributed by atoms with Crippen LogP contribution in [-0.4, -0.2) is 37.9 Å². The van der Waals surface area contributed by atoms with Gasteiger partial charge in [0.2, 0.25) is 10.0 Å². The van der Waals surface area contributed by atoms with Crippen LogP contribution in [0.3, 0.4) is 0 Å². The third kappa shape index (κ3) is 7.35. The number of benzene rings is 3. The molecule has 3 aromatic carbocycles. The first-order valence-corrected chi connectivity index (χ1v) is 12.6. The molecule has 3 rings (SSSR count). The number of hydrogen-bond acceptors (Lipinski definition) is 6. The molecule has 10 heteroatoms. The molecule has 0 atom stereocenters. The molecule has 0 saturated carbocycles. The minimum absolute atomic E-state index is 0.0700. The Morgan fingerprint density at radius 3 is 2.30 bits per heavy atom.